The molecule has 3 aliphatic rings. The SMILES string of the molecule is C=C(C1CNc2cc(Cl)ccc21)N1CCC2(CCc3ccccc32)CC1. The van der Waals surface area contributed by atoms with E-state index in [0.717, 1.165) is 24.7 Å². The van der Waals surface area contributed by atoms with Gasteiger partial charge in [-0.1, -0.05) is 48.5 Å². The van der Waals surface area contributed by atoms with Crippen LogP contribution in [0.15, 0.2) is 54.7 Å². The predicted molar refractivity (Wildman–Crippen MR) is 109 cm³/mol. The highest BCUT2D eigenvalue weighted by molar-refractivity contribution is 6.30. The van der Waals surface area contributed by atoms with Crippen LogP contribution < -0.4 is 5.32 Å². The van der Waals surface area contributed by atoms with Crippen LogP contribution in [0.1, 0.15) is 41.9 Å². The fourth-order valence-electron chi connectivity index (χ4n) is 5.33. The lowest BCUT2D eigenvalue weighted by Gasteiger charge is -2.43. The minimum Gasteiger partial charge on any atom is -0.384 e. The Morgan fingerprint density at radius 3 is 2.77 bits per heavy atom. The molecule has 2 aliphatic heterocycles. The van der Waals surface area contributed by atoms with Crippen molar-refractivity contribution in [2.45, 2.75) is 37.0 Å². The Kier molecular flexibility index (Phi) is 3.79. The summed E-state index contributed by atoms with van der Waals surface area (Å²) in [7, 11) is 0. The first-order chi connectivity index (χ1) is 12.7. The summed E-state index contributed by atoms with van der Waals surface area (Å²) < 4.78 is 0. The van der Waals surface area contributed by atoms with Gasteiger partial charge in [0.1, 0.15) is 0 Å². The molecule has 2 heterocycles. The molecule has 3 heteroatoms. The summed E-state index contributed by atoms with van der Waals surface area (Å²) in [6, 6.07) is 15.3. The van der Waals surface area contributed by atoms with E-state index in [-0.39, 0.29) is 0 Å². The van der Waals surface area contributed by atoms with Crippen molar-refractivity contribution in [3.05, 3.63) is 76.5 Å². The first-order valence-electron chi connectivity index (χ1n) is 9.72. The maximum atomic E-state index is 6.14. The highest BCUT2D eigenvalue weighted by atomic mass is 35.5. The van der Waals surface area contributed by atoms with E-state index in [2.05, 4.69) is 47.1 Å². The summed E-state index contributed by atoms with van der Waals surface area (Å²) in [4.78, 5) is 2.53. The summed E-state index contributed by atoms with van der Waals surface area (Å²) in [5, 5.41) is 4.29. The third-order valence-electron chi connectivity index (χ3n) is 6.88. The first kappa shape index (κ1) is 16.3. The number of anilines is 1. The van der Waals surface area contributed by atoms with Crippen molar-refractivity contribution >= 4 is 17.3 Å². The van der Waals surface area contributed by atoms with Crippen molar-refractivity contribution < 1.29 is 0 Å². The van der Waals surface area contributed by atoms with Gasteiger partial charge in [-0.05, 0) is 59.9 Å². The molecule has 0 aromatic heterocycles. The van der Waals surface area contributed by atoms with Gasteiger partial charge >= 0.3 is 0 Å². The molecular formula is C23H25ClN2. The van der Waals surface area contributed by atoms with Gasteiger partial charge in [-0.3, -0.25) is 0 Å². The Morgan fingerprint density at radius 1 is 1.12 bits per heavy atom. The molecule has 0 bridgehead atoms. The van der Waals surface area contributed by atoms with Crippen LogP contribution in [0, 0.1) is 0 Å². The quantitative estimate of drug-likeness (QED) is 0.773. The largest absolute Gasteiger partial charge is 0.384 e. The van der Waals surface area contributed by atoms with Crippen molar-refractivity contribution in [2.24, 2.45) is 0 Å². The molecule has 1 aliphatic carbocycles. The molecule has 5 rings (SSSR count). The molecule has 0 saturated carbocycles. The number of halogens is 1. The van der Waals surface area contributed by atoms with E-state index in [1.54, 1.807) is 11.1 Å². The van der Waals surface area contributed by atoms with Crippen molar-refractivity contribution in [2.75, 3.05) is 25.0 Å². The van der Waals surface area contributed by atoms with Gasteiger partial charge in [0, 0.05) is 42.0 Å². The minimum atomic E-state index is 0.368. The smallest absolute Gasteiger partial charge is 0.0426 e. The summed E-state index contributed by atoms with van der Waals surface area (Å²) in [6.07, 6.45) is 5.06. The van der Waals surface area contributed by atoms with Crippen LogP contribution in [0.2, 0.25) is 5.02 Å². The van der Waals surface area contributed by atoms with Gasteiger partial charge in [-0.25, -0.2) is 0 Å². The summed E-state index contributed by atoms with van der Waals surface area (Å²) in [5.74, 6) is 0.368. The molecule has 1 N–H and O–H groups in total. The highest BCUT2D eigenvalue weighted by Gasteiger charge is 2.41. The second kappa shape index (κ2) is 6.06. The average Bonchev–Trinajstić information content (AvgIpc) is 3.24. The number of benzene rings is 2. The molecule has 26 heavy (non-hydrogen) atoms. The Balaban J connectivity index is 1.32. The van der Waals surface area contributed by atoms with Crippen LogP contribution >= 0.6 is 11.6 Å². The van der Waals surface area contributed by atoms with Crippen molar-refractivity contribution in [3.63, 3.8) is 0 Å². The lowest BCUT2D eigenvalue weighted by molar-refractivity contribution is 0.187. The number of piperidine rings is 1. The van der Waals surface area contributed by atoms with Crippen LogP contribution in [-0.2, 0) is 11.8 Å². The summed E-state index contributed by atoms with van der Waals surface area (Å²) in [5.41, 5.74) is 7.37. The van der Waals surface area contributed by atoms with E-state index < -0.39 is 0 Å². The van der Waals surface area contributed by atoms with Gasteiger partial charge in [0.15, 0.2) is 0 Å². The Hall–Kier alpha value is -1.93. The number of nitrogens with zero attached hydrogens (tertiary/aromatic N) is 1. The zero-order valence-corrected chi connectivity index (χ0v) is 15.9. The second-order valence-corrected chi connectivity index (χ2v) is 8.52. The van der Waals surface area contributed by atoms with Gasteiger partial charge in [0.25, 0.3) is 0 Å². The van der Waals surface area contributed by atoms with Gasteiger partial charge in [0.2, 0.25) is 0 Å². The van der Waals surface area contributed by atoms with E-state index in [4.69, 9.17) is 11.6 Å². The summed E-state index contributed by atoms with van der Waals surface area (Å²) in [6.45, 7) is 7.66. The van der Waals surface area contributed by atoms with Gasteiger partial charge in [-0.15, -0.1) is 0 Å². The van der Waals surface area contributed by atoms with E-state index in [0.29, 0.717) is 11.3 Å². The lowest BCUT2D eigenvalue weighted by atomic mass is 9.73. The van der Waals surface area contributed by atoms with E-state index >= 15 is 0 Å². The van der Waals surface area contributed by atoms with Crippen molar-refractivity contribution in [3.8, 4) is 0 Å². The van der Waals surface area contributed by atoms with Gasteiger partial charge in [-0.2, -0.15) is 0 Å². The molecule has 1 unspecified atom stereocenters. The number of hydrogen-bond acceptors (Lipinski definition) is 2. The fourth-order valence-corrected chi connectivity index (χ4v) is 5.50. The van der Waals surface area contributed by atoms with Gasteiger partial charge in [0.05, 0.1) is 0 Å². The Morgan fingerprint density at radius 2 is 1.92 bits per heavy atom. The van der Waals surface area contributed by atoms with Crippen LogP contribution in [-0.4, -0.2) is 24.5 Å². The van der Waals surface area contributed by atoms with Crippen molar-refractivity contribution in [1.82, 2.24) is 4.90 Å². The molecular weight excluding hydrogens is 340 g/mol. The molecule has 2 aromatic rings. The van der Waals surface area contributed by atoms with Crippen molar-refractivity contribution in [1.29, 1.82) is 0 Å². The molecule has 2 aromatic carbocycles. The van der Waals surface area contributed by atoms with Crippen LogP contribution in [0.4, 0.5) is 5.69 Å². The number of aryl methyl sites for hydroxylation is 1. The van der Waals surface area contributed by atoms with E-state index in [1.165, 1.54) is 42.6 Å². The summed E-state index contributed by atoms with van der Waals surface area (Å²) >= 11 is 6.14. The number of nitrogens with one attached hydrogen (secondary N) is 1. The number of hydrogen-bond donors (Lipinski definition) is 1. The predicted octanol–water partition coefficient (Wildman–Crippen LogP) is 5.34. The maximum absolute atomic E-state index is 6.14. The number of fused-ring (bicyclic) bond motifs is 3. The molecule has 1 saturated heterocycles. The Labute approximate surface area is 160 Å². The monoisotopic (exact) mass is 364 g/mol. The molecule has 1 fully saturated rings. The molecule has 0 amide bonds. The minimum absolute atomic E-state index is 0.368. The second-order valence-electron chi connectivity index (χ2n) is 8.08. The zero-order valence-electron chi connectivity index (χ0n) is 15.1. The average molecular weight is 365 g/mol. The fraction of sp³-hybridized carbons (Fsp3) is 0.391. The molecule has 0 radical (unpaired) electrons. The molecule has 2 nitrogen and oxygen atoms in total. The molecule has 134 valence electrons. The topological polar surface area (TPSA) is 15.3 Å². The Bertz CT molecular complexity index is 864. The number of rotatable bonds is 2. The standard InChI is InChI=1S/C23H25ClN2/c1-16(20-15-25-22-14-18(24)6-7-19(20)22)26-12-10-23(11-13-26)9-8-17-4-2-3-5-21(17)23/h2-7,14,20,25H,1,8-13,15H2. The van der Waals surface area contributed by atoms with Crippen LogP contribution in [0.3, 0.4) is 0 Å². The van der Waals surface area contributed by atoms with Crippen LogP contribution in [0.25, 0.3) is 0 Å². The first-order valence-corrected chi connectivity index (χ1v) is 10.1. The normalized spacial score (nSPS) is 22.8. The molecule has 1 atom stereocenters. The number of likely N-dealkylation sites (tertiary alicyclic amines) is 1. The lowest BCUT2D eigenvalue weighted by Crippen LogP contribution is -2.42. The zero-order chi connectivity index (χ0) is 17.7. The van der Waals surface area contributed by atoms with Gasteiger partial charge < -0.3 is 10.2 Å². The van der Waals surface area contributed by atoms with E-state index in [1.807, 2.05) is 12.1 Å². The molecule has 1 spiro atoms. The third kappa shape index (κ3) is 2.46. The maximum Gasteiger partial charge on any atom is 0.0426 e. The highest BCUT2D eigenvalue weighted by Crippen LogP contribution is 2.47. The third-order valence-corrected chi connectivity index (χ3v) is 7.11. The van der Waals surface area contributed by atoms with Crippen LogP contribution in [0.5, 0.6) is 0 Å². The van der Waals surface area contributed by atoms with E-state index in [9.17, 15) is 0 Å².